The summed E-state index contributed by atoms with van der Waals surface area (Å²) in [5.74, 6) is 1.17. The molecule has 4 heterocycles. The fourth-order valence-electron chi connectivity index (χ4n) is 5.07. The highest BCUT2D eigenvalue weighted by Crippen LogP contribution is 2.47. The van der Waals surface area contributed by atoms with Crippen molar-refractivity contribution in [3.05, 3.63) is 29.8 Å². The standard InChI is InChI=1S/C19H27N3O2.2ClH/c1-19(2,20)18(24)22-11-15(13-4-3-5-14(23)10-13)17-16(22)12-6-8-21(17)9-7-12;;/h3-5,10,12,15-17,23H,6-9,11,20H2,1-2H3;2*1H/t15-,16+,17+;;/m0../s1. The molecule has 26 heavy (non-hydrogen) atoms. The van der Waals surface area contributed by atoms with Gasteiger partial charge in [0.25, 0.3) is 0 Å². The molecular weight excluding hydrogens is 373 g/mol. The maximum absolute atomic E-state index is 13.0. The Hall–Kier alpha value is -1.01. The van der Waals surface area contributed by atoms with Crippen molar-refractivity contribution in [2.45, 2.75) is 50.2 Å². The third-order valence-corrected chi connectivity index (χ3v) is 6.10. The van der Waals surface area contributed by atoms with Crippen molar-refractivity contribution in [3.8, 4) is 5.75 Å². The number of carbonyl (C=O) groups is 1. The van der Waals surface area contributed by atoms with Gasteiger partial charge < -0.3 is 15.7 Å². The molecule has 3 atom stereocenters. The van der Waals surface area contributed by atoms with Crippen LogP contribution in [-0.4, -0.2) is 58.1 Å². The number of carbonyl (C=O) groups excluding carboxylic acids is 1. The lowest BCUT2D eigenvalue weighted by Crippen LogP contribution is -2.63. The number of fused-ring (bicyclic) bond motifs is 2. The largest absolute Gasteiger partial charge is 0.508 e. The molecule has 0 unspecified atom stereocenters. The van der Waals surface area contributed by atoms with E-state index in [4.69, 9.17) is 5.73 Å². The van der Waals surface area contributed by atoms with E-state index in [-0.39, 0.29) is 42.7 Å². The van der Waals surface area contributed by atoms with Gasteiger partial charge in [-0.25, -0.2) is 0 Å². The van der Waals surface area contributed by atoms with Crippen LogP contribution in [-0.2, 0) is 4.79 Å². The Balaban J connectivity index is 0.00000121. The lowest BCUT2D eigenvalue weighted by Gasteiger charge is -2.51. The van der Waals surface area contributed by atoms with Crippen LogP contribution in [0.25, 0.3) is 0 Å². The maximum Gasteiger partial charge on any atom is 0.242 e. The Morgan fingerprint density at radius 1 is 1.19 bits per heavy atom. The number of hydrogen-bond donors (Lipinski definition) is 2. The predicted molar refractivity (Wildman–Crippen MR) is 107 cm³/mol. The van der Waals surface area contributed by atoms with Crippen molar-refractivity contribution in [3.63, 3.8) is 0 Å². The molecule has 0 saturated carbocycles. The number of phenols is 1. The van der Waals surface area contributed by atoms with Crippen LogP contribution < -0.4 is 5.73 Å². The number of piperidine rings is 3. The first-order valence-corrected chi connectivity index (χ1v) is 8.99. The summed E-state index contributed by atoms with van der Waals surface area (Å²) in [7, 11) is 0. The van der Waals surface area contributed by atoms with E-state index >= 15 is 0 Å². The molecular formula is C19H29Cl2N3O2. The van der Waals surface area contributed by atoms with Gasteiger partial charge in [0.15, 0.2) is 0 Å². The summed E-state index contributed by atoms with van der Waals surface area (Å²) >= 11 is 0. The average Bonchev–Trinajstić information content (AvgIpc) is 2.97. The quantitative estimate of drug-likeness (QED) is 0.797. The Morgan fingerprint density at radius 2 is 1.85 bits per heavy atom. The van der Waals surface area contributed by atoms with Gasteiger partial charge in [0.2, 0.25) is 5.91 Å². The van der Waals surface area contributed by atoms with Crippen LogP contribution in [0.3, 0.4) is 0 Å². The van der Waals surface area contributed by atoms with Gasteiger partial charge >= 0.3 is 0 Å². The molecule has 3 N–H and O–H groups in total. The number of hydrogen-bond acceptors (Lipinski definition) is 4. The highest BCUT2D eigenvalue weighted by atomic mass is 35.5. The highest BCUT2D eigenvalue weighted by Gasteiger charge is 2.55. The van der Waals surface area contributed by atoms with Gasteiger partial charge in [-0.2, -0.15) is 0 Å². The normalized spacial score (nSPS) is 32.4. The SMILES string of the molecule is CC(C)(N)C(=O)N1C[C@@H](c2cccc(O)c2)[C@@H]2[C@H]1C1CCN2CC1.Cl.Cl. The van der Waals surface area contributed by atoms with Crippen molar-refractivity contribution < 1.29 is 9.90 Å². The first-order valence-electron chi connectivity index (χ1n) is 8.99. The topological polar surface area (TPSA) is 69.8 Å². The van der Waals surface area contributed by atoms with Gasteiger partial charge in [-0.1, -0.05) is 12.1 Å². The van der Waals surface area contributed by atoms with E-state index in [1.165, 1.54) is 12.8 Å². The van der Waals surface area contributed by atoms with Crippen LogP contribution in [0.15, 0.2) is 24.3 Å². The fraction of sp³-hybridized carbons (Fsp3) is 0.632. The number of nitrogens with two attached hydrogens (primary N) is 1. The summed E-state index contributed by atoms with van der Waals surface area (Å²) < 4.78 is 0. The maximum atomic E-state index is 13.0. The fourth-order valence-corrected chi connectivity index (χ4v) is 5.07. The lowest BCUT2D eigenvalue weighted by molar-refractivity contribution is -0.140. The Bertz CT molecular complexity index is 656. The number of amides is 1. The number of benzene rings is 1. The van der Waals surface area contributed by atoms with E-state index in [1.54, 1.807) is 19.9 Å². The second-order valence-electron chi connectivity index (χ2n) is 8.24. The Kier molecular flexibility index (Phi) is 6.18. The third kappa shape index (κ3) is 3.42. The van der Waals surface area contributed by atoms with Crippen LogP contribution in [0.2, 0.25) is 0 Å². The van der Waals surface area contributed by atoms with Gasteiger partial charge in [0, 0.05) is 18.5 Å². The van der Waals surface area contributed by atoms with Crippen molar-refractivity contribution >= 4 is 30.7 Å². The molecule has 4 saturated heterocycles. The molecule has 1 amide bonds. The summed E-state index contributed by atoms with van der Waals surface area (Å²) in [5.41, 5.74) is 6.43. The van der Waals surface area contributed by atoms with Crippen molar-refractivity contribution in [2.75, 3.05) is 19.6 Å². The molecule has 0 aromatic heterocycles. The van der Waals surface area contributed by atoms with Crippen LogP contribution in [0.5, 0.6) is 5.75 Å². The molecule has 7 heteroatoms. The van der Waals surface area contributed by atoms with Crippen molar-refractivity contribution in [2.24, 2.45) is 11.7 Å². The molecule has 146 valence electrons. The second-order valence-corrected chi connectivity index (χ2v) is 8.24. The first-order chi connectivity index (χ1) is 11.4. The van der Waals surface area contributed by atoms with Gasteiger partial charge in [-0.05, 0) is 63.4 Å². The molecule has 5 nitrogen and oxygen atoms in total. The zero-order valence-corrected chi connectivity index (χ0v) is 16.9. The molecule has 0 radical (unpaired) electrons. The number of nitrogens with zero attached hydrogens (tertiary/aromatic N) is 2. The van der Waals surface area contributed by atoms with Crippen molar-refractivity contribution in [1.29, 1.82) is 0 Å². The van der Waals surface area contributed by atoms with Crippen LogP contribution in [0, 0.1) is 5.92 Å². The number of phenolic OH excluding ortho intramolecular Hbond substituents is 1. The molecule has 5 rings (SSSR count). The third-order valence-electron chi connectivity index (χ3n) is 6.10. The van der Waals surface area contributed by atoms with Crippen LogP contribution in [0.4, 0.5) is 0 Å². The van der Waals surface area contributed by atoms with Gasteiger partial charge in [-0.15, -0.1) is 24.8 Å². The molecule has 4 aliphatic rings. The highest BCUT2D eigenvalue weighted by molar-refractivity contribution is 5.86. The molecule has 0 aliphatic carbocycles. The van der Waals surface area contributed by atoms with Crippen LogP contribution in [0.1, 0.15) is 38.2 Å². The number of aromatic hydroxyl groups is 1. The zero-order valence-electron chi connectivity index (χ0n) is 15.3. The number of rotatable bonds is 2. The summed E-state index contributed by atoms with van der Waals surface area (Å²) in [6.45, 7) is 6.54. The molecule has 4 fully saturated rings. The lowest BCUT2D eigenvalue weighted by atomic mass is 9.75. The summed E-state index contributed by atoms with van der Waals surface area (Å²) in [6, 6.07) is 8.14. The monoisotopic (exact) mass is 401 g/mol. The van der Waals surface area contributed by atoms with Gasteiger partial charge in [0.1, 0.15) is 5.75 Å². The van der Waals surface area contributed by atoms with Gasteiger partial charge in [-0.3, -0.25) is 9.69 Å². The Morgan fingerprint density at radius 3 is 2.42 bits per heavy atom. The molecule has 1 aromatic rings. The zero-order chi connectivity index (χ0) is 17.1. The van der Waals surface area contributed by atoms with E-state index in [0.717, 1.165) is 18.7 Å². The number of likely N-dealkylation sites (tertiary alicyclic amines) is 1. The molecule has 4 aliphatic heterocycles. The van der Waals surface area contributed by atoms with Crippen LogP contribution >= 0.6 is 24.8 Å². The van der Waals surface area contributed by atoms with E-state index in [9.17, 15) is 9.90 Å². The van der Waals surface area contributed by atoms with Gasteiger partial charge in [0.05, 0.1) is 11.6 Å². The summed E-state index contributed by atoms with van der Waals surface area (Å²) in [6.07, 6.45) is 2.34. The minimum Gasteiger partial charge on any atom is -0.508 e. The first kappa shape index (κ1) is 21.3. The summed E-state index contributed by atoms with van der Waals surface area (Å²) in [5, 5.41) is 9.89. The minimum absolute atomic E-state index is 0. The van der Waals surface area contributed by atoms with E-state index in [1.807, 2.05) is 12.1 Å². The van der Waals surface area contributed by atoms with E-state index in [0.29, 0.717) is 24.3 Å². The molecule has 1 aromatic carbocycles. The predicted octanol–water partition coefficient (Wildman–Crippen LogP) is 2.36. The van der Waals surface area contributed by atoms with Crippen molar-refractivity contribution in [1.82, 2.24) is 9.80 Å². The minimum atomic E-state index is -0.843. The van der Waals surface area contributed by atoms with E-state index in [2.05, 4.69) is 15.9 Å². The average molecular weight is 402 g/mol. The molecule has 2 bridgehead atoms. The summed E-state index contributed by atoms with van der Waals surface area (Å²) in [4.78, 5) is 17.6. The Labute approximate surface area is 167 Å². The molecule has 0 spiro atoms. The van der Waals surface area contributed by atoms with E-state index < -0.39 is 5.54 Å². The second kappa shape index (κ2) is 7.55. The number of halogens is 2. The smallest absolute Gasteiger partial charge is 0.242 e.